The largest absolute Gasteiger partial charge is 0.379 e. The fourth-order valence-corrected chi connectivity index (χ4v) is 3.19. The molecule has 2 aromatic carbocycles. The summed E-state index contributed by atoms with van der Waals surface area (Å²) in [5, 5.41) is 6.19. The van der Waals surface area contributed by atoms with Crippen LogP contribution in [-0.2, 0) is 4.74 Å². The van der Waals surface area contributed by atoms with Crippen LogP contribution in [0.15, 0.2) is 53.5 Å². The number of rotatable bonds is 5. The standard InChI is InChI=1S/C22H28N4O2/c1-17-14-18(2)16-20(15-17)24-22(23-8-9-26-10-12-28-13-11-26)25-21(27)19-6-4-3-5-7-19/h3-7,14-16H,8-13H2,1-2H3,(H2,23,24,25,27). The summed E-state index contributed by atoms with van der Waals surface area (Å²) >= 11 is 0. The van der Waals surface area contributed by atoms with E-state index in [2.05, 4.69) is 40.4 Å². The molecule has 6 heteroatoms. The van der Waals surface area contributed by atoms with Crippen molar-refractivity contribution >= 4 is 17.6 Å². The Morgan fingerprint density at radius 1 is 1.07 bits per heavy atom. The minimum absolute atomic E-state index is 0.178. The van der Waals surface area contributed by atoms with Crippen molar-refractivity contribution in [2.24, 2.45) is 4.99 Å². The number of nitrogens with zero attached hydrogens (tertiary/aromatic N) is 2. The zero-order chi connectivity index (χ0) is 19.8. The molecule has 0 spiro atoms. The highest BCUT2D eigenvalue weighted by Gasteiger charge is 2.11. The Kier molecular flexibility index (Phi) is 7.17. The predicted molar refractivity (Wildman–Crippen MR) is 113 cm³/mol. The molecule has 0 radical (unpaired) electrons. The van der Waals surface area contributed by atoms with Crippen LogP contribution in [0.2, 0.25) is 0 Å². The molecule has 2 aromatic rings. The maximum absolute atomic E-state index is 12.6. The molecule has 2 N–H and O–H groups in total. The van der Waals surface area contributed by atoms with Gasteiger partial charge in [0.2, 0.25) is 5.96 Å². The van der Waals surface area contributed by atoms with E-state index in [0.29, 0.717) is 18.1 Å². The monoisotopic (exact) mass is 380 g/mol. The van der Waals surface area contributed by atoms with Gasteiger partial charge in [-0.2, -0.15) is 0 Å². The number of aryl methyl sites for hydroxylation is 2. The summed E-state index contributed by atoms with van der Waals surface area (Å²) in [4.78, 5) is 19.5. The fourth-order valence-electron chi connectivity index (χ4n) is 3.19. The van der Waals surface area contributed by atoms with Crippen LogP contribution in [0.3, 0.4) is 0 Å². The number of carbonyl (C=O) groups excluding carboxylic acids is 1. The summed E-state index contributed by atoms with van der Waals surface area (Å²) < 4.78 is 5.38. The van der Waals surface area contributed by atoms with Gasteiger partial charge in [-0.3, -0.25) is 20.0 Å². The number of amides is 1. The quantitative estimate of drug-likeness (QED) is 0.618. The molecule has 0 aliphatic carbocycles. The average molecular weight is 380 g/mol. The minimum Gasteiger partial charge on any atom is -0.379 e. The van der Waals surface area contributed by atoms with Crippen molar-refractivity contribution in [2.45, 2.75) is 13.8 Å². The zero-order valence-corrected chi connectivity index (χ0v) is 16.6. The van der Waals surface area contributed by atoms with E-state index in [1.807, 2.05) is 30.3 Å². The Morgan fingerprint density at radius 2 is 1.75 bits per heavy atom. The van der Waals surface area contributed by atoms with Crippen LogP contribution in [-0.4, -0.2) is 56.2 Å². The lowest BCUT2D eigenvalue weighted by Gasteiger charge is -2.25. The van der Waals surface area contributed by atoms with Crippen LogP contribution >= 0.6 is 0 Å². The molecular formula is C22H28N4O2. The lowest BCUT2D eigenvalue weighted by molar-refractivity contribution is 0.0394. The molecule has 0 aromatic heterocycles. The average Bonchev–Trinajstić information content (AvgIpc) is 2.68. The van der Waals surface area contributed by atoms with Gasteiger partial charge in [0.25, 0.3) is 5.91 Å². The number of anilines is 1. The lowest BCUT2D eigenvalue weighted by atomic mass is 10.1. The minimum atomic E-state index is -0.178. The van der Waals surface area contributed by atoms with E-state index in [4.69, 9.17) is 4.74 Å². The molecule has 3 rings (SSSR count). The van der Waals surface area contributed by atoms with Gasteiger partial charge in [-0.1, -0.05) is 24.3 Å². The molecular weight excluding hydrogens is 352 g/mol. The second-order valence-electron chi connectivity index (χ2n) is 7.01. The van der Waals surface area contributed by atoms with Gasteiger partial charge in [0.05, 0.1) is 19.8 Å². The van der Waals surface area contributed by atoms with Gasteiger partial charge >= 0.3 is 0 Å². The van der Waals surface area contributed by atoms with E-state index < -0.39 is 0 Å². The Hall–Kier alpha value is -2.70. The van der Waals surface area contributed by atoms with Gasteiger partial charge in [-0.15, -0.1) is 0 Å². The second kappa shape index (κ2) is 10.0. The molecule has 1 aliphatic rings. The van der Waals surface area contributed by atoms with Crippen LogP contribution in [0.25, 0.3) is 0 Å². The van der Waals surface area contributed by atoms with Crippen molar-refractivity contribution in [1.29, 1.82) is 0 Å². The van der Waals surface area contributed by atoms with Gasteiger partial charge in [-0.25, -0.2) is 0 Å². The molecule has 1 aliphatic heterocycles. The van der Waals surface area contributed by atoms with Crippen LogP contribution < -0.4 is 10.6 Å². The first-order chi connectivity index (χ1) is 13.6. The SMILES string of the molecule is Cc1cc(C)cc(NC(=NCCN2CCOCC2)NC(=O)c2ccccc2)c1. The van der Waals surface area contributed by atoms with Crippen LogP contribution in [0, 0.1) is 13.8 Å². The Balaban J connectivity index is 1.70. The lowest BCUT2D eigenvalue weighted by Crippen LogP contribution is -2.39. The van der Waals surface area contributed by atoms with E-state index in [-0.39, 0.29) is 5.91 Å². The van der Waals surface area contributed by atoms with Crippen molar-refractivity contribution in [3.05, 3.63) is 65.2 Å². The molecule has 1 saturated heterocycles. The van der Waals surface area contributed by atoms with Crippen molar-refractivity contribution in [2.75, 3.05) is 44.7 Å². The van der Waals surface area contributed by atoms with Crippen LogP contribution in [0.1, 0.15) is 21.5 Å². The van der Waals surface area contributed by atoms with Crippen molar-refractivity contribution < 1.29 is 9.53 Å². The van der Waals surface area contributed by atoms with Gasteiger partial charge in [0.15, 0.2) is 0 Å². The highest BCUT2D eigenvalue weighted by atomic mass is 16.5. The molecule has 0 saturated carbocycles. The highest BCUT2D eigenvalue weighted by molar-refractivity contribution is 6.09. The molecule has 1 amide bonds. The number of aliphatic imine (C=N–C) groups is 1. The summed E-state index contributed by atoms with van der Waals surface area (Å²) in [6, 6.07) is 15.4. The van der Waals surface area contributed by atoms with Crippen LogP contribution in [0.5, 0.6) is 0 Å². The molecule has 0 bridgehead atoms. The van der Waals surface area contributed by atoms with E-state index in [9.17, 15) is 4.79 Å². The molecule has 0 unspecified atom stereocenters. The van der Waals surface area contributed by atoms with E-state index >= 15 is 0 Å². The molecule has 6 nitrogen and oxygen atoms in total. The third-order valence-electron chi connectivity index (χ3n) is 4.54. The molecule has 1 heterocycles. The third kappa shape index (κ3) is 6.18. The first-order valence-corrected chi connectivity index (χ1v) is 9.66. The van der Waals surface area contributed by atoms with E-state index in [0.717, 1.165) is 49.7 Å². The summed E-state index contributed by atoms with van der Waals surface area (Å²) in [5.74, 6) is 0.287. The number of guanidine groups is 1. The maximum Gasteiger partial charge on any atom is 0.257 e. The molecule has 1 fully saturated rings. The first kappa shape index (κ1) is 20.0. The second-order valence-corrected chi connectivity index (χ2v) is 7.01. The fraction of sp³-hybridized carbons (Fsp3) is 0.364. The van der Waals surface area contributed by atoms with Gasteiger partial charge in [0.1, 0.15) is 0 Å². The Bertz CT molecular complexity index is 794. The summed E-state index contributed by atoms with van der Waals surface area (Å²) in [5.41, 5.74) is 3.83. The van der Waals surface area contributed by atoms with E-state index in [1.165, 1.54) is 0 Å². The van der Waals surface area contributed by atoms with Gasteiger partial charge in [0, 0.05) is 30.9 Å². The summed E-state index contributed by atoms with van der Waals surface area (Å²) in [6.45, 7) is 8.92. The molecule has 0 atom stereocenters. The van der Waals surface area contributed by atoms with Crippen molar-refractivity contribution in [3.8, 4) is 0 Å². The number of ether oxygens (including phenoxy) is 1. The van der Waals surface area contributed by atoms with E-state index in [1.54, 1.807) is 12.1 Å². The summed E-state index contributed by atoms with van der Waals surface area (Å²) in [7, 11) is 0. The third-order valence-corrected chi connectivity index (χ3v) is 4.54. The maximum atomic E-state index is 12.6. The number of morpholine rings is 1. The highest BCUT2D eigenvalue weighted by Crippen LogP contribution is 2.13. The Labute approximate surface area is 166 Å². The zero-order valence-electron chi connectivity index (χ0n) is 16.6. The summed E-state index contributed by atoms with van der Waals surface area (Å²) in [6.07, 6.45) is 0. The smallest absolute Gasteiger partial charge is 0.257 e. The number of nitrogens with one attached hydrogen (secondary N) is 2. The number of benzene rings is 2. The van der Waals surface area contributed by atoms with Gasteiger partial charge in [-0.05, 0) is 49.2 Å². The number of carbonyl (C=O) groups is 1. The van der Waals surface area contributed by atoms with Crippen LogP contribution in [0.4, 0.5) is 5.69 Å². The van der Waals surface area contributed by atoms with Gasteiger partial charge < -0.3 is 10.1 Å². The van der Waals surface area contributed by atoms with Crippen molar-refractivity contribution in [1.82, 2.24) is 10.2 Å². The predicted octanol–water partition coefficient (Wildman–Crippen LogP) is 2.83. The molecule has 28 heavy (non-hydrogen) atoms. The normalized spacial score (nSPS) is 15.3. The number of hydrogen-bond acceptors (Lipinski definition) is 4. The first-order valence-electron chi connectivity index (χ1n) is 9.66. The molecule has 148 valence electrons. The number of hydrogen-bond donors (Lipinski definition) is 2. The van der Waals surface area contributed by atoms with Crippen molar-refractivity contribution in [3.63, 3.8) is 0 Å². The Morgan fingerprint density at radius 3 is 2.43 bits per heavy atom. The topological polar surface area (TPSA) is 66.0 Å².